The zero-order chi connectivity index (χ0) is 21.5. The third kappa shape index (κ3) is 6.25. The highest BCUT2D eigenvalue weighted by atomic mass is 35.5. The van der Waals surface area contributed by atoms with Crippen molar-refractivity contribution in [2.75, 3.05) is 25.0 Å². The molecule has 4 nitrogen and oxygen atoms in total. The molecular formula is C25H28ClFN4. The average Bonchev–Trinajstić information content (AvgIpc) is 2.80. The molecule has 4 rings (SSSR count). The number of nitrogens with one attached hydrogen (secondary N) is 2. The fourth-order valence-corrected chi connectivity index (χ4v) is 4.29. The first-order valence-corrected chi connectivity index (χ1v) is 11.4. The van der Waals surface area contributed by atoms with Gasteiger partial charge in [-0.15, -0.1) is 0 Å². The van der Waals surface area contributed by atoms with E-state index in [-0.39, 0.29) is 0 Å². The van der Waals surface area contributed by atoms with Gasteiger partial charge in [-0.25, -0.2) is 14.4 Å². The maximum Gasteiger partial charge on any atom is 0.223 e. The lowest BCUT2D eigenvalue weighted by atomic mass is 9.91. The molecule has 0 radical (unpaired) electrons. The molecular weight excluding hydrogens is 411 g/mol. The summed E-state index contributed by atoms with van der Waals surface area (Å²) in [6.07, 6.45) is 6.69. The van der Waals surface area contributed by atoms with Crippen LogP contribution in [0.2, 0.25) is 5.02 Å². The summed E-state index contributed by atoms with van der Waals surface area (Å²) in [7, 11) is 0. The van der Waals surface area contributed by atoms with E-state index in [4.69, 9.17) is 11.6 Å². The Morgan fingerprint density at radius 3 is 2.61 bits per heavy atom. The van der Waals surface area contributed by atoms with Crippen LogP contribution in [-0.4, -0.2) is 29.6 Å². The van der Waals surface area contributed by atoms with E-state index in [1.165, 1.54) is 31.0 Å². The minimum absolute atomic E-state index is 0.337. The molecule has 0 saturated carbocycles. The summed E-state index contributed by atoms with van der Waals surface area (Å²) < 4.78 is 14.5. The van der Waals surface area contributed by atoms with E-state index in [9.17, 15) is 4.39 Å². The minimum Gasteiger partial charge on any atom is -0.354 e. The van der Waals surface area contributed by atoms with Gasteiger partial charge in [0.25, 0.3) is 0 Å². The van der Waals surface area contributed by atoms with E-state index < -0.39 is 5.82 Å². The number of nitrogens with zero attached hydrogens (tertiary/aromatic N) is 2. The number of aryl methyl sites for hydroxylation is 1. The van der Waals surface area contributed by atoms with E-state index in [1.54, 1.807) is 0 Å². The predicted octanol–water partition coefficient (Wildman–Crippen LogP) is 5.52. The topological polar surface area (TPSA) is 49.8 Å². The number of rotatable bonds is 8. The van der Waals surface area contributed by atoms with Crippen molar-refractivity contribution in [3.8, 4) is 11.3 Å². The summed E-state index contributed by atoms with van der Waals surface area (Å²) in [5.74, 6) is 0.797. The smallest absolute Gasteiger partial charge is 0.223 e. The van der Waals surface area contributed by atoms with Crippen molar-refractivity contribution in [1.82, 2.24) is 15.3 Å². The van der Waals surface area contributed by atoms with E-state index in [0.717, 1.165) is 48.0 Å². The van der Waals surface area contributed by atoms with Crippen LogP contribution >= 0.6 is 11.6 Å². The Hall–Kier alpha value is -2.50. The first-order valence-electron chi connectivity index (χ1n) is 11.0. The van der Waals surface area contributed by atoms with Gasteiger partial charge < -0.3 is 10.6 Å². The summed E-state index contributed by atoms with van der Waals surface area (Å²) >= 11 is 6.04. The Morgan fingerprint density at radius 2 is 1.81 bits per heavy atom. The van der Waals surface area contributed by atoms with Crippen LogP contribution < -0.4 is 10.6 Å². The van der Waals surface area contributed by atoms with Crippen molar-refractivity contribution < 1.29 is 4.39 Å². The van der Waals surface area contributed by atoms with Gasteiger partial charge >= 0.3 is 0 Å². The molecule has 0 atom stereocenters. The van der Waals surface area contributed by atoms with E-state index in [2.05, 4.69) is 32.7 Å². The third-order valence-electron chi connectivity index (χ3n) is 5.83. The van der Waals surface area contributed by atoms with Crippen molar-refractivity contribution in [2.45, 2.75) is 32.1 Å². The molecule has 3 aromatic rings. The lowest BCUT2D eigenvalue weighted by molar-refractivity contribution is 0.354. The van der Waals surface area contributed by atoms with Gasteiger partial charge in [-0.05, 0) is 80.4 Å². The van der Waals surface area contributed by atoms with Crippen LogP contribution in [0.15, 0.2) is 54.7 Å². The Labute approximate surface area is 188 Å². The number of anilines is 1. The molecule has 2 heterocycles. The second-order valence-corrected chi connectivity index (χ2v) is 8.57. The summed E-state index contributed by atoms with van der Waals surface area (Å²) in [6, 6.07) is 15.8. The molecule has 0 unspecified atom stereocenters. The Kier molecular flexibility index (Phi) is 7.49. The zero-order valence-electron chi connectivity index (χ0n) is 17.6. The van der Waals surface area contributed by atoms with Crippen molar-refractivity contribution >= 4 is 17.5 Å². The van der Waals surface area contributed by atoms with Gasteiger partial charge in [0.15, 0.2) is 5.82 Å². The Morgan fingerprint density at radius 1 is 1.03 bits per heavy atom. The number of aromatic nitrogens is 2. The largest absolute Gasteiger partial charge is 0.354 e. The minimum atomic E-state index is -0.407. The second-order valence-electron chi connectivity index (χ2n) is 8.13. The van der Waals surface area contributed by atoms with Crippen molar-refractivity contribution in [3.63, 3.8) is 0 Å². The summed E-state index contributed by atoms with van der Waals surface area (Å²) in [5, 5.41) is 7.33. The fourth-order valence-electron chi connectivity index (χ4n) is 4.08. The van der Waals surface area contributed by atoms with Gasteiger partial charge in [0.2, 0.25) is 5.95 Å². The van der Waals surface area contributed by atoms with Crippen LogP contribution in [0.1, 0.15) is 30.4 Å². The monoisotopic (exact) mass is 438 g/mol. The molecule has 1 fully saturated rings. The van der Waals surface area contributed by atoms with Crippen LogP contribution in [0.4, 0.5) is 10.3 Å². The van der Waals surface area contributed by atoms with Crippen molar-refractivity contribution in [2.24, 2.45) is 5.92 Å². The van der Waals surface area contributed by atoms with Gasteiger partial charge in [-0.3, -0.25) is 0 Å². The predicted molar refractivity (Wildman–Crippen MR) is 125 cm³/mol. The summed E-state index contributed by atoms with van der Waals surface area (Å²) in [6.45, 7) is 2.87. The van der Waals surface area contributed by atoms with Gasteiger partial charge in [-0.1, -0.05) is 41.9 Å². The fraction of sp³-hybridized carbons (Fsp3) is 0.360. The molecule has 2 aromatic carbocycles. The van der Waals surface area contributed by atoms with Gasteiger partial charge in [0.05, 0.1) is 6.20 Å². The number of piperidine rings is 1. The number of benzene rings is 2. The van der Waals surface area contributed by atoms with Crippen LogP contribution in [0, 0.1) is 11.7 Å². The molecule has 31 heavy (non-hydrogen) atoms. The van der Waals surface area contributed by atoms with Gasteiger partial charge in [0.1, 0.15) is 5.69 Å². The molecule has 0 amide bonds. The molecule has 162 valence electrons. The maximum absolute atomic E-state index is 14.5. The van der Waals surface area contributed by atoms with E-state index >= 15 is 0 Å². The normalized spacial score (nSPS) is 14.5. The highest BCUT2D eigenvalue weighted by Crippen LogP contribution is 2.25. The first-order chi connectivity index (χ1) is 15.2. The van der Waals surface area contributed by atoms with Crippen LogP contribution in [0.25, 0.3) is 11.3 Å². The SMILES string of the molecule is Fc1cnc(NCCc2cccc(Cl)c2)nc1-c1cccc(CCC2CCNCC2)c1. The number of halogens is 2. The molecule has 1 aromatic heterocycles. The van der Waals surface area contributed by atoms with E-state index in [0.29, 0.717) is 18.2 Å². The quantitative estimate of drug-likeness (QED) is 0.486. The molecule has 1 saturated heterocycles. The van der Waals surface area contributed by atoms with E-state index in [1.807, 2.05) is 36.4 Å². The lowest BCUT2D eigenvalue weighted by Gasteiger charge is -2.22. The second kappa shape index (κ2) is 10.7. The summed E-state index contributed by atoms with van der Waals surface area (Å²) in [5.41, 5.74) is 3.48. The molecule has 1 aliphatic rings. The van der Waals surface area contributed by atoms with Crippen LogP contribution in [0.5, 0.6) is 0 Å². The molecule has 0 spiro atoms. The Balaban J connectivity index is 1.40. The number of hydrogen-bond acceptors (Lipinski definition) is 4. The third-order valence-corrected chi connectivity index (χ3v) is 6.07. The highest BCUT2D eigenvalue weighted by molar-refractivity contribution is 6.30. The standard InChI is InChI=1S/C25H28ClFN4/c26-22-6-2-4-20(16-22)11-14-29-25-30-17-23(27)24(31-25)21-5-1-3-19(15-21)8-7-18-9-12-28-13-10-18/h1-6,15-18,28H,7-14H2,(H,29,30,31). The molecule has 1 aliphatic heterocycles. The molecule has 6 heteroatoms. The van der Waals surface area contributed by atoms with Crippen LogP contribution in [-0.2, 0) is 12.8 Å². The van der Waals surface area contributed by atoms with Gasteiger partial charge in [0, 0.05) is 17.1 Å². The highest BCUT2D eigenvalue weighted by Gasteiger charge is 2.14. The number of hydrogen-bond donors (Lipinski definition) is 2. The van der Waals surface area contributed by atoms with Gasteiger partial charge in [-0.2, -0.15) is 0 Å². The molecule has 0 bridgehead atoms. The zero-order valence-corrected chi connectivity index (χ0v) is 18.3. The summed E-state index contributed by atoms with van der Waals surface area (Å²) in [4.78, 5) is 8.55. The Bertz CT molecular complexity index is 1000. The first kappa shape index (κ1) is 21.7. The van der Waals surface area contributed by atoms with Crippen molar-refractivity contribution in [1.29, 1.82) is 0 Å². The molecule has 0 aliphatic carbocycles. The van der Waals surface area contributed by atoms with Crippen molar-refractivity contribution in [3.05, 3.63) is 76.7 Å². The van der Waals surface area contributed by atoms with Crippen LogP contribution in [0.3, 0.4) is 0 Å². The average molecular weight is 439 g/mol. The molecule has 2 N–H and O–H groups in total. The lowest BCUT2D eigenvalue weighted by Crippen LogP contribution is -2.27. The maximum atomic E-state index is 14.5.